The Bertz CT molecular complexity index is 969. The number of methoxy groups -OCH3 is 1. The molecule has 0 spiro atoms. The van der Waals surface area contributed by atoms with Crippen molar-refractivity contribution in [2.75, 3.05) is 33.4 Å². The number of hydrogen-bond acceptors (Lipinski definition) is 6. The molecule has 1 N–H and O–H groups in total. The van der Waals surface area contributed by atoms with Gasteiger partial charge < -0.3 is 9.47 Å². The zero-order valence-corrected chi connectivity index (χ0v) is 16.2. The number of rotatable bonds is 6. The first kappa shape index (κ1) is 20.0. The van der Waals surface area contributed by atoms with Gasteiger partial charge in [-0.2, -0.15) is 9.41 Å². The van der Waals surface area contributed by atoms with Crippen LogP contribution in [-0.4, -0.2) is 58.3 Å². The minimum Gasteiger partial charge on any atom is -0.496 e. The lowest BCUT2D eigenvalue weighted by molar-refractivity contribution is 0.0730. The van der Waals surface area contributed by atoms with Gasteiger partial charge in [0.25, 0.3) is 5.91 Å². The summed E-state index contributed by atoms with van der Waals surface area (Å²) in [5.41, 5.74) is 3.31. The maximum atomic E-state index is 12.7. The second-order valence-electron chi connectivity index (χ2n) is 5.99. The normalized spacial score (nSPS) is 15.5. The molecule has 8 nitrogen and oxygen atoms in total. The molecule has 1 saturated heterocycles. The summed E-state index contributed by atoms with van der Waals surface area (Å²) in [7, 11) is -2.12. The van der Waals surface area contributed by atoms with Crippen LogP contribution in [0.5, 0.6) is 5.75 Å². The van der Waals surface area contributed by atoms with Crippen molar-refractivity contribution in [3.8, 4) is 5.75 Å². The molecule has 0 aromatic heterocycles. The van der Waals surface area contributed by atoms with E-state index in [0.29, 0.717) is 37.6 Å². The molecule has 3 rings (SSSR count). The molecule has 1 aliphatic rings. The van der Waals surface area contributed by atoms with Gasteiger partial charge in [0.05, 0.1) is 31.4 Å². The molecule has 0 atom stereocenters. The van der Waals surface area contributed by atoms with Crippen LogP contribution in [0.4, 0.5) is 0 Å². The number of hydrogen-bond donors (Lipinski definition) is 1. The van der Waals surface area contributed by atoms with Crippen molar-refractivity contribution in [3.63, 3.8) is 0 Å². The van der Waals surface area contributed by atoms with Crippen molar-refractivity contribution in [3.05, 3.63) is 59.7 Å². The van der Waals surface area contributed by atoms with Crippen LogP contribution in [0.25, 0.3) is 0 Å². The average molecular weight is 403 g/mol. The van der Waals surface area contributed by atoms with Crippen molar-refractivity contribution in [1.29, 1.82) is 0 Å². The Morgan fingerprint density at radius 1 is 1.18 bits per heavy atom. The van der Waals surface area contributed by atoms with Crippen molar-refractivity contribution in [2.24, 2.45) is 5.10 Å². The van der Waals surface area contributed by atoms with Crippen molar-refractivity contribution < 1.29 is 22.7 Å². The number of amides is 1. The molecule has 0 bridgehead atoms. The highest BCUT2D eigenvalue weighted by Gasteiger charge is 2.26. The molecule has 1 aliphatic heterocycles. The zero-order valence-electron chi connectivity index (χ0n) is 15.4. The number of nitrogens with one attached hydrogen (secondary N) is 1. The van der Waals surface area contributed by atoms with Crippen molar-refractivity contribution >= 4 is 22.1 Å². The smallest absolute Gasteiger partial charge is 0.271 e. The lowest BCUT2D eigenvalue weighted by Gasteiger charge is -2.26. The molecule has 148 valence electrons. The third-order valence-corrected chi connectivity index (χ3v) is 6.11. The Morgan fingerprint density at radius 3 is 2.68 bits per heavy atom. The van der Waals surface area contributed by atoms with Gasteiger partial charge in [0, 0.05) is 24.2 Å². The summed E-state index contributed by atoms with van der Waals surface area (Å²) >= 11 is 0. The molecule has 0 unspecified atom stereocenters. The largest absolute Gasteiger partial charge is 0.496 e. The van der Waals surface area contributed by atoms with Crippen LogP contribution in [0.3, 0.4) is 0 Å². The summed E-state index contributed by atoms with van der Waals surface area (Å²) in [4.78, 5) is 12.4. The molecule has 28 heavy (non-hydrogen) atoms. The Balaban J connectivity index is 1.72. The Labute approximate surface area is 163 Å². The second-order valence-corrected chi connectivity index (χ2v) is 7.92. The summed E-state index contributed by atoms with van der Waals surface area (Å²) in [5.74, 6) is 0.115. The lowest BCUT2D eigenvalue weighted by atomic mass is 10.2. The summed E-state index contributed by atoms with van der Waals surface area (Å²) in [6.45, 7) is 1.30. The Hall–Kier alpha value is -2.75. The number of para-hydroxylation sites is 1. The van der Waals surface area contributed by atoms with Crippen molar-refractivity contribution in [2.45, 2.75) is 4.90 Å². The molecular weight excluding hydrogens is 382 g/mol. The van der Waals surface area contributed by atoms with E-state index in [-0.39, 0.29) is 10.5 Å². The fourth-order valence-corrected chi connectivity index (χ4v) is 4.19. The Morgan fingerprint density at radius 2 is 1.93 bits per heavy atom. The van der Waals surface area contributed by atoms with Gasteiger partial charge in [0.2, 0.25) is 10.0 Å². The SMILES string of the molecule is COc1ccccc1/C=N\NC(=O)c1cccc(S(=O)(=O)N2CCOCC2)c1. The lowest BCUT2D eigenvalue weighted by Crippen LogP contribution is -2.40. The topological polar surface area (TPSA) is 97.3 Å². The van der Waals surface area contributed by atoms with E-state index < -0.39 is 15.9 Å². The van der Waals surface area contributed by atoms with Crippen LogP contribution in [0, 0.1) is 0 Å². The molecule has 0 saturated carbocycles. The van der Waals surface area contributed by atoms with Gasteiger partial charge in [-0.05, 0) is 30.3 Å². The van der Waals surface area contributed by atoms with Crippen LogP contribution in [-0.2, 0) is 14.8 Å². The van der Waals surface area contributed by atoms with E-state index in [1.165, 1.54) is 34.8 Å². The minimum absolute atomic E-state index is 0.0655. The third-order valence-electron chi connectivity index (χ3n) is 4.21. The molecule has 0 radical (unpaired) electrons. The predicted molar refractivity (Wildman–Crippen MR) is 104 cm³/mol. The molecular formula is C19H21N3O5S. The number of morpholine rings is 1. The Kier molecular flexibility index (Phi) is 6.40. The van der Waals surface area contributed by atoms with Crippen LogP contribution in [0.2, 0.25) is 0 Å². The van der Waals surface area contributed by atoms with E-state index in [0.717, 1.165) is 0 Å². The van der Waals surface area contributed by atoms with Gasteiger partial charge in [-0.25, -0.2) is 13.8 Å². The first-order valence-electron chi connectivity index (χ1n) is 8.67. The third kappa shape index (κ3) is 4.56. The molecule has 1 fully saturated rings. The number of nitrogens with zero attached hydrogens (tertiary/aromatic N) is 2. The first-order valence-corrected chi connectivity index (χ1v) is 10.1. The molecule has 1 heterocycles. The highest BCUT2D eigenvalue weighted by molar-refractivity contribution is 7.89. The van der Waals surface area contributed by atoms with Gasteiger partial charge >= 0.3 is 0 Å². The highest BCUT2D eigenvalue weighted by atomic mass is 32.2. The number of carbonyl (C=O) groups excluding carboxylic acids is 1. The first-order chi connectivity index (χ1) is 13.5. The predicted octanol–water partition coefficient (Wildman–Crippen LogP) is 1.48. The van der Waals surface area contributed by atoms with E-state index in [2.05, 4.69) is 10.5 Å². The van der Waals surface area contributed by atoms with Crippen LogP contribution in [0.1, 0.15) is 15.9 Å². The number of carbonyl (C=O) groups is 1. The van der Waals surface area contributed by atoms with E-state index in [9.17, 15) is 13.2 Å². The summed E-state index contributed by atoms with van der Waals surface area (Å²) < 4.78 is 37.2. The summed E-state index contributed by atoms with van der Waals surface area (Å²) in [5, 5.41) is 3.93. The van der Waals surface area contributed by atoms with Gasteiger partial charge in [0.15, 0.2) is 0 Å². The van der Waals surface area contributed by atoms with Crippen LogP contribution in [0.15, 0.2) is 58.5 Å². The quantitative estimate of drug-likeness (QED) is 0.582. The standard InChI is InChI=1S/C19H21N3O5S/c1-26-18-8-3-2-5-16(18)14-20-21-19(23)15-6-4-7-17(13-15)28(24,25)22-9-11-27-12-10-22/h2-8,13-14H,9-12H2,1H3,(H,21,23)/b20-14-. The van der Waals surface area contributed by atoms with Gasteiger partial charge in [-0.1, -0.05) is 18.2 Å². The van der Waals surface area contributed by atoms with Gasteiger partial charge in [-0.3, -0.25) is 4.79 Å². The molecule has 0 aliphatic carbocycles. The fraction of sp³-hybridized carbons (Fsp3) is 0.263. The minimum atomic E-state index is -3.67. The van der Waals surface area contributed by atoms with E-state index in [1.54, 1.807) is 19.2 Å². The van der Waals surface area contributed by atoms with Crippen molar-refractivity contribution in [1.82, 2.24) is 9.73 Å². The fourth-order valence-electron chi connectivity index (χ4n) is 2.73. The number of sulfonamides is 1. The average Bonchev–Trinajstić information content (AvgIpc) is 2.74. The molecule has 1 amide bonds. The maximum Gasteiger partial charge on any atom is 0.271 e. The number of benzene rings is 2. The maximum absolute atomic E-state index is 12.7. The van der Waals surface area contributed by atoms with E-state index in [4.69, 9.17) is 9.47 Å². The van der Waals surface area contributed by atoms with Gasteiger partial charge in [-0.15, -0.1) is 0 Å². The molecule has 2 aromatic rings. The van der Waals surface area contributed by atoms with Crippen LogP contribution >= 0.6 is 0 Å². The van der Waals surface area contributed by atoms with Crippen LogP contribution < -0.4 is 10.2 Å². The number of ether oxygens (including phenoxy) is 2. The molecule has 2 aromatic carbocycles. The summed E-state index contributed by atoms with van der Waals surface area (Å²) in [6.07, 6.45) is 1.46. The number of hydrazone groups is 1. The summed E-state index contributed by atoms with van der Waals surface area (Å²) in [6, 6.07) is 13.1. The van der Waals surface area contributed by atoms with Gasteiger partial charge in [0.1, 0.15) is 5.75 Å². The second kappa shape index (κ2) is 8.96. The zero-order chi connectivity index (χ0) is 20.0. The molecule has 9 heteroatoms. The highest BCUT2D eigenvalue weighted by Crippen LogP contribution is 2.18. The monoisotopic (exact) mass is 403 g/mol. The van der Waals surface area contributed by atoms with E-state index in [1.807, 2.05) is 12.1 Å². The van der Waals surface area contributed by atoms with E-state index >= 15 is 0 Å².